The molecular formula is C15H21ClN2O4S. The van der Waals surface area contributed by atoms with Crippen LogP contribution in [-0.4, -0.2) is 67.7 Å². The first-order valence-corrected chi connectivity index (χ1v) is 9.25. The fourth-order valence-corrected chi connectivity index (χ4v) is 3.95. The Kier molecular flexibility index (Phi) is 5.35. The summed E-state index contributed by atoms with van der Waals surface area (Å²) in [4.78, 5) is 14.1. The van der Waals surface area contributed by atoms with Gasteiger partial charge < -0.3 is 10.0 Å². The van der Waals surface area contributed by atoms with Crippen molar-refractivity contribution in [2.24, 2.45) is 5.92 Å². The fourth-order valence-electron chi connectivity index (χ4n) is 2.61. The molecule has 128 valence electrons. The zero-order chi connectivity index (χ0) is 17.4. The Labute approximate surface area is 141 Å². The number of amides is 1. The molecule has 0 radical (unpaired) electrons. The lowest BCUT2D eigenvalue weighted by Gasteiger charge is -2.19. The Bertz CT molecular complexity index is 705. The molecule has 1 aliphatic rings. The predicted molar refractivity (Wildman–Crippen MR) is 89.1 cm³/mol. The van der Waals surface area contributed by atoms with Gasteiger partial charge in [-0.2, -0.15) is 0 Å². The Morgan fingerprint density at radius 2 is 2.04 bits per heavy atom. The van der Waals surface area contributed by atoms with Crippen molar-refractivity contribution in [3.05, 3.63) is 34.3 Å². The van der Waals surface area contributed by atoms with Crippen molar-refractivity contribution in [1.29, 1.82) is 0 Å². The van der Waals surface area contributed by atoms with Gasteiger partial charge in [-0.05, 0) is 24.6 Å². The van der Waals surface area contributed by atoms with Gasteiger partial charge in [-0.1, -0.05) is 17.7 Å². The van der Waals surface area contributed by atoms with Crippen molar-refractivity contribution in [1.82, 2.24) is 9.21 Å². The summed E-state index contributed by atoms with van der Waals surface area (Å²) in [7, 11) is -0.522. The summed E-state index contributed by atoms with van der Waals surface area (Å²) in [5.74, 6) is -0.918. The number of carbonyl (C=O) groups excluding carboxylic acids is 1. The van der Waals surface area contributed by atoms with Gasteiger partial charge in [0.1, 0.15) is 0 Å². The van der Waals surface area contributed by atoms with Gasteiger partial charge in [0.25, 0.3) is 5.91 Å². The van der Waals surface area contributed by atoms with E-state index >= 15 is 0 Å². The average molecular weight is 361 g/mol. The zero-order valence-electron chi connectivity index (χ0n) is 13.4. The van der Waals surface area contributed by atoms with Crippen LogP contribution in [0.1, 0.15) is 15.9 Å². The number of benzene rings is 1. The molecule has 2 rings (SSSR count). The first-order chi connectivity index (χ1) is 10.6. The normalized spacial score (nSPS) is 21.9. The quantitative estimate of drug-likeness (QED) is 0.868. The van der Waals surface area contributed by atoms with Crippen LogP contribution < -0.4 is 0 Å². The second-order valence-electron chi connectivity index (χ2n) is 6.01. The smallest absolute Gasteiger partial charge is 0.254 e. The number of aliphatic hydroxyl groups excluding tert-OH is 1. The highest BCUT2D eigenvalue weighted by molar-refractivity contribution is 7.89. The number of sulfonamides is 1. The molecule has 1 amide bonds. The molecular weight excluding hydrogens is 340 g/mol. The number of β-amino-alcohol motifs (C(OH)–C–C–N with tert-alkyl or cyclic N) is 1. The minimum absolute atomic E-state index is 0.123. The van der Waals surface area contributed by atoms with E-state index in [9.17, 15) is 18.3 Å². The fraction of sp³-hybridized carbons (Fsp3) is 0.533. The number of rotatable bonds is 4. The van der Waals surface area contributed by atoms with E-state index < -0.39 is 22.0 Å². The summed E-state index contributed by atoms with van der Waals surface area (Å²) in [6, 6.07) is 5.09. The van der Waals surface area contributed by atoms with Gasteiger partial charge >= 0.3 is 0 Å². The van der Waals surface area contributed by atoms with Crippen LogP contribution in [-0.2, 0) is 10.0 Å². The molecule has 2 atom stereocenters. The molecule has 0 saturated carbocycles. The molecule has 1 N–H and O–H groups in total. The zero-order valence-corrected chi connectivity index (χ0v) is 14.9. The van der Waals surface area contributed by atoms with Crippen molar-refractivity contribution >= 4 is 27.5 Å². The molecule has 23 heavy (non-hydrogen) atoms. The third-order valence-electron chi connectivity index (χ3n) is 4.17. The Balaban J connectivity index is 2.15. The van der Waals surface area contributed by atoms with Crippen LogP contribution in [0.2, 0.25) is 5.02 Å². The molecule has 1 aromatic rings. The van der Waals surface area contributed by atoms with Gasteiger partial charge in [0.2, 0.25) is 10.0 Å². The average Bonchev–Trinajstić information content (AvgIpc) is 2.81. The van der Waals surface area contributed by atoms with Gasteiger partial charge in [0.15, 0.2) is 0 Å². The van der Waals surface area contributed by atoms with Gasteiger partial charge in [-0.15, -0.1) is 0 Å². The molecule has 0 bridgehead atoms. The molecule has 1 aliphatic heterocycles. The van der Waals surface area contributed by atoms with Gasteiger partial charge in [-0.3, -0.25) is 4.79 Å². The van der Waals surface area contributed by atoms with Crippen LogP contribution in [0.3, 0.4) is 0 Å². The molecule has 1 aromatic carbocycles. The Morgan fingerprint density at radius 3 is 2.65 bits per heavy atom. The second kappa shape index (κ2) is 6.76. The highest BCUT2D eigenvalue weighted by Crippen LogP contribution is 2.25. The lowest BCUT2D eigenvalue weighted by Crippen LogP contribution is -2.33. The third-order valence-corrected chi connectivity index (χ3v) is 6.54. The third kappa shape index (κ3) is 3.85. The second-order valence-corrected chi connectivity index (χ2v) is 8.65. The number of likely N-dealkylation sites (tertiary alicyclic amines) is 1. The SMILES string of the molecule is Cc1c(Cl)cccc1C(=O)N1C[C@@H](CS(=O)(=O)N(C)C)[C@H](O)C1. The van der Waals surface area contributed by atoms with Crippen LogP contribution in [0.5, 0.6) is 0 Å². The van der Waals surface area contributed by atoms with Crippen LogP contribution in [0.15, 0.2) is 18.2 Å². The van der Waals surface area contributed by atoms with Crippen molar-refractivity contribution in [2.45, 2.75) is 13.0 Å². The van der Waals surface area contributed by atoms with E-state index in [-0.39, 0.29) is 24.7 Å². The van der Waals surface area contributed by atoms with E-state index in [4.69, 9.17) is 11.6 Å². The Morgan fingerprint density at radius 1 is 1.39 bits per heavy atom. The summed E-state index contributed by atoms with van der Waals surface area (Å²) < 4.78 is 25.1. The minimum atomic E-state index is -3.43. The number of carbonyl (C=O) groups is 1. The highest BCUT2D eigenvalue weighted by Gasteiger charge is 2.37. The largest absolute Gasteiger partial charge is 0.391 e. The molecule has 0 aliphatic carbocycles. The van der Waals surface area contributed by atoms with E-state index in [1.165, 1.54) is 19.0 Å². The number of halogens is 1. The summed E-state index contributed by atoms with van der Waals surface area (Å²) >= 11 is 6.04. The number of aliphatic hydroxyl groups is 1. The molecule has 0 unspecified atom stereocenters. The van der Waals surface area contributed by atoms with Gasteiger partial charge in [0, 0.05) is 43.7 Å². The highest BCUT2D eigenvalue weighted by atomic mass is 35.5. The number of hydrogen-bond acceptors (Lipinski definition) is 4. The first-order valence-electron chi connectivity index (χ1n) is 7.26. The summed E-state index contributed by atoms with van der Waals surface area (Å²) in [5.41, 5.74) is 1.15. The number of nitrogens with zero attached hydrogens (tertiary/aromatic N) is 2. The lowest BCUT2D eigenvalue weighted by atomic mass is 10.1. The standard InChI is InChI=1S/C15H21ClN2O4S/c1-10-12(5-4-6-13(10)16)15(20)18-7-11(14(19)8-18)9-23(21,22)17(2)3/h4-6,11,14,19H,7-9H2,1-3H3/t11-,14+/m0/s1. The molecule has 0 aromatic heterocycles. The molecule has 8 heteroatoms. The molecule has 0 spiro atoms. The molecule has 6 nitrogen and oxygen atoms in total. The molecule has 1 heterocycles. The van der Waals surface area contributed by atoms with Crippen molar-refractivity contribution in [3.8, 4) is 0 Å². The maximum absolute atomic E-state index is 12.6. The van der Waals surface area contributed by atoms with Gasteiger partial charge in [-0.25, -0.2) is 12.7 Å². The van der Waals surface area contributed by atoms with Crippen LogP contribution in [0.4, 0.5) is 0 Å². The van der Waals surface area contributed by atoms with Crippen LogP contribution >= 0.6 is 11.6 Å². The molecule has 1 saturated heterocycles. The summed E-state index contributed by atoms with van der Waals surface area (Å²) in [5, 5.41) is 10.6. The summed E-state index contributed by atoms with van der Waals surface area (Å²) in [6.45, 7) is 2.09. The van der Waals surface area contributed by atoms with Crippen molar-refractivity contribution in [2.75, 3.05) is 32.9 Å². The maximum atomic E-state index is 12.6. The maximum Gasteiger partial charge on any atom is 0.254 e. The minimum Gasteiger partial charge on any atom is -0.391 e. The topological polar surface area (TPSA) is 77.9 Å². The van der Waals surface area contributed by atoms with E-state index in [1.54, 1.807) is 25.1 Å². The van der Waals surface area contributed by atoms with Gasteiger partial charge in [0.05, 0.1) is 11.9 Å². The van der Waals surface area contributed by atoms with E-state index in [0.717, 1.165) is 4.31 Å². The van der Waals surface area contributed by atoms with Crippen molar-refractivity contribution in [3.63, 3.8) is 0 Å². The lowest BCUT2D eigenvalue weighted by molar-refractivity contribution is 0.0764. The first kappa shape index (κ1) is 18.2. The van der Waals surface area contributed by atoms with Crippen LogP contribution in [0, 0.1) is 12.8 Å². The summed E-state index contributed by atoms with van der Waals surface area (Å²) in [6.07, 6.45) is -0.854. The van der Waals surface area contributed by atoms with Crippen LogP contribution in [0.25, 0.3) is 0 Å². The van der Waals surface area contributed by atoms with E-state index in [2.05, 4.69) is 0 Å². The van der Waals surface area contributed by atoms with E-state index in [0.29, 0.717) is 16.1 Å². The van der Waals surface area contributed by atoms with Crippen molar-refractivity contribution < 1.29 is 18.3 Å². The molecule has 1 fully saturated rings. The monoisotopic (exact) mass is 360 g/mol. The van der Waals surface area contributed by atoms with E-state index in [1.807, 2.05) is 0 Å². The Hall–Kier alpha value is -1.15. The predicted octanol–water partition coefficient (Wildman–Crippen LogP) is 0.973. The number of hydrogen-bond donors (Lipinski definition) is 1.